The number of amides is 1. The molecule has 1 aliphatic carbocycles. The van der Waals surface area contributed by atoms with Crippen LogP contribution < -0.4 is 0 Å². The van der Waals surface area contributed by atoms with E-state index >= 15 is 0 Å². The first kappa shape index (κ1) is 15.2. The zero-order valence-corrected chi connectivity index (χ0v) is 13.6. The molecule has 0 spiro atoms. The molecule has 2 aromatic heterocycles. The monoisotopic (exact) mass is 344 g/mol. The van der Waals surface area contributed by atoms with Crippen LogP contribution in [0.5, 0.6) is 0 Å². The first-order valence-electron chi connectivity index (χ1n) is 7.87. The van der Waals surface area contributed by atoms with Crippen LogP contribution in [0, 0.1) is 17.8 Å². The summed E-state index contributed by atoms with van der Waals surface area (Å²) in [4.78, 5) is 38.3. The summed E-state index contributed by atoms with van der Waals surface area (Å²) < 4.78 is 0. The molecule has 1 aliphatic heterocycles. The van der Waals surface area contributed by atoms with Crippen LogP contribution in [-0.4, -0.2) is 49.9 Å². The van der Waals surface area contributed by atoms with Gasteiger partial charge in [-0.15, -0.1) is 11.3 Å². The van der Waals surface area contributed by atoms with Crippen LogP contribution in [-0.2, 0) is 4.79 Å². The van der Waals surface area contributed by atoms with Crippen molar-refractivity contribution in [2.24, 2.45) is 17.8 Å². The summed E-state index contributed by atoms with van der Waals surface area (Å²) in [5.41, 5.74) is 0.975. The van der Waals surface area contributed by atoms with E-state index in [-0.39, 0.29) is 18.4 Å². The van der Waals surface area contributed by atoms with E-state index in [4.69, 9.17) is 0 Å². The van der Waals surface area contributed by atoms with Gasteiger partial charge in [0, 0.05) is 30.9 Å². The van der Waals surface area contributed by atoms with Gasteiger partial charge in [-0.25, -0.2) is 4.98 Å². The van der Waals surface area contributed by atoms with E-state index in [1.54, 1.807) is 28.9 Å². The standard InChI is InChI=1S/C16H16N4O3S/c21-15(13-8-24-14(19-13)12-5-17-3-4-18-12)20-6-10(9-1-2-9)11(7-20)16(22)23/h3-5,8-11H,1-2,6-7H2,(H,22,23)/t10-,11+/m1/s1. The van der Waals surface area contributed by atoms with Gasteiger partial charge in [-0.2, -0.15) is 0 Å². The van der Waals surface area contributed by atoms with Crippen molar-refractivity contribution >= 4 is 23.2 Å². The summed E-state index contributed by atoms with van der Waals surface area (Å²) >= 11 is 1.34. The molecule has 124 valence electrons. The van der Waals surface area contributed by atoms with Crippen molar-refractivity contribution in [2.75, 3.05) is 13.1 Å². The van der Waals surface area contributed by atoms with E-state index in [9.17, 15) is 14.7 Å². The number of hydrogen-bond acceptors (Lipinski definition) is 6. The number of hydrogen-bond donors (Lipinski definition) is 1. The molecule has 0 bridgehead atoms. The zero-order chi connectivity index (χ0) is 16.7. The summed E-state index contributed by atoms with van der Waals surface area (Å²) in [6.07, 6.45) is 6.91. The number of rotatable bonds is 4. The minimum atomic E-state index is -0.805. The molecule has 8 heteroatoms. The maximum absolute atomic E-state index is 12.7. The minimum absolute atomic E-state index is 0.0737. The van der Waals surface area contributed by atoms with Gasteiger partial charge in [0.15, 0.2) is 0 Å². The Kier molecular flexibility index (Phi) is 3.76. The molecule has 2 atom stereocenters. The molecule has 0 unspecified atom stereocenters. The average Bonchev–Trinajstić information content (AvgIpc) is 3.15. The number of carbonyl (C=O) groups is 2. The molecule has 4 rings (SSSR count). The van der Waals surface area contributed by atoms with Crippen LogP contribution in [0.2, 0.25) is 0 Å². The molecule has 1 amide bonds. The zero-order valence-electron chi connectivity index (χ0n) is 12.8. The largest absolute Gasteiger partial charge is 0.481 e. The van der Waals surface area contributed by atoms with Crippen LogP contribution in [0.15, 0.2) is 24.0 Å². The summed E-state index contributed by atoms with van der Waals surface area (Å²) in [6.45, 7) is 0.784. The number of carboxylic acid groups (broad SMARTS) is 1. The average molecular weight is 344 g/mol. The fourth-order valence-electron chi connectivity index (χ4n) is 3.32. The quantitative estimate of drug-likeness (QED) is 0.908. The highest BCUT2D eigenvalue weighted by Gasteiger charge is 2.47. The number of aromatic nitrogens is 3. The van der Waals surface area contributed by atoms with E-state index in [2.05, 4.69) is 15.0 Å². The maximum atomic E-state index is 12.7. The predicted molar refractivity (Wildman–Crippen MR) is 86.4 cm³/mol. The van der Waals surface area contributed by atoms with Gasteiger partial charge in [0.25, 0.3) is 5.91 Å². The third-order valence-corrected chi connectivity index (χ3v) is 5.57. The summed E-state index contributed by atoms with van der Waals surface area (Å²) in [5.74, 6) is -0.935. The van der Waals surface area contributed by atoms with Crippen LogP contribution in [0.4, 0.5) is 0 Å². The van der Waals surface area contributed by atoms with E-state index in [1.165, 1.54) is 11.3 Å². The number of carbonyl (C=O) groups excluding carboxylic acids is 1. The van der Waals surface area contributed by atoms with E-state index in [0.717, 1.165) is 12.8 Å². The SMILES string of the molecule is O=C(O)[C@H]1CN(C(=O)c2csc(-c3cnccn3)n2)C[C@@H]1C1CC1. The molecule has 2 aliphatic rings. The fourth-order valence-corrected chi connectivity index (χ4v) is 4.07. The van der Waals surface area contributed by atoms with Crippen molar-refractivity contribution in [1.29, 1.82) is 0 Å². The molecule has 1 N–H and O–H groups in total. The molecular weight excluding hydrogens is 328 g/mol. The first-order chi connectivity index (χ1) is 11.6. The molecular formula is C16H16N4O3S. The number of carboxylic acids is 1. The molecule has 1 saturated carbocycles. The molecule has 7 nitrogen and oxygen atoms in total. The van der Waals surface area contributed by atoms with Crippen molar-refractivity contribution < 1.29 is 14.7 Å². The third-order valence-electron chi connectivity index (χ3n) is 4.70. The van der Waals surface area contributed by atoms with Gasteiger partial charge in [0.1, 0.15) is 16.4 Å². The van der Waals surface area contributed by atoms with Crippen LogP contribution >= 0.6 is 11.3 Å². The number of nitrogens with zero attached hydrogens (tertiary/aromatic N) is 4. The second-order valence-electron chi connectivity index (χ2n) is 6.28. The second kappa shape index (κ2) is 5.94. The lowest BCUT2D eigenvalue weighted by molar-refractivity contribution is -0.142. The molecule has 2 aromatic rings. The molecule has 2 fully saturated rings. The first-order valence-corrected chi connectivity index (χ1v) is 8.75. The highest BCUT2D eigenvalue weighted by molar-refractivity contribution is 7.13. The number of thiazole rings is 1. The Morgan fingerprint density at radius 3 is 2.75 bits per heavy atom. The highest BCUT2D eigenvalue weighted by atomic mass is 32.1. The van der Waals surface area contributed by atoms with Gasteiger partial charge >= 0.3 is 5.97 Å². The topological polar surface area (TPSA) is 96.3 Å². The second-order valence-corrected chi connectivity index (χ2v) is 7.14. The van der Waals surface area contributed by atoms with Crippen LogP contribution in [0.1, 0.15) is 23.3 Å². The fraction of sp³-hybridized carbons (Fsp3) is 0.438. The van der Waals surface area contributed by atoms with Crippen LogP contribution in [0.25, 0.3) is 10.7 Å². The Morgan fingerprint density at radius 2 is 2.08 bits per heavy atom. The molecule has 24 heavy (non-hydrogen) atoms. The Balaban J connectivity index is 1.52. The summed E-state index contributed by atoms with van der Waals surface area (Å²) in [5, 5.41) is 11.8. The van der Waals surface area contributed by atoms with Crippen LogP contribution in [0.3, 0.4) is 0 Å². The normalized spacial score (nSPS) is 23.4. The Morgan fingerprint density at radius 1 is 1.25 bits per heavy atom. The predicted octanol–water partition coefficient (Wildman–Crippen LogP) is 1.78. The van der Waals surface area contributed by atoms with Gasteiger partial charge in [0.2, 0.25) is 0 Å². The lowest BCUT2D eigenvalue weighted by Gasteiger charge is -2.14. The summed E-state index contributed by atoms with van der Waals surface area (Å²) in [7, 11) is 0. The van der Waals surface area contributed by atoms with Gasteiger partial charge in [-0.3, -0.25) is 19.6 Å². The Labute approximate surface area is 142 Å². The van der Waals surface area contributed by atoms with Gasteiger partial charge in [0.05, 0.1) is 12.1 Å². The molecule has 0 aromatic carbocycles. The lowest BCUT2D eigenvalue weighted by Crippen LogP contribution is -2.30. The van der Waals surface area contributed by atoms with Gasteiger partial charge in [-0.05, 0) is 24.7 Å². The lowest BCUT2D eigenvalue weighted by atomic mass is 9.92. The van der Waals surface area contributed by atoms with Crippen molar-refractivity contribution in [2.45, 2.75) is 12.8 Å². The smallest absolute Gasteiger partial charge is 0.308 e. The minimum Gasteiger partial charge on any atom is -0.481 e. The molecule has 3 heterocycles. The maximum Gasteiger partial charge on any atom is 0.308 e. The Hall–Kier alpha value is -2.35. The third kappa shape index (κ3) is 2.77. The van der Waals surface area contributed by atoms with Crippen molar-refractivity contribution in [3.8, 4) is 10.7 Å². The van der Waals surface area contributed by atoms with E-state index in [0.29, 0.717) is 28.9 Å². The number of aliphatic carboxylic acids is 1. The van der Waals surface area contributed by atoms with Gasteiger partial charge in [-0.1, -0.05) is 0 Å². The van der Waals surface area contributed by atoms with Gasteiger partial charge < -0.3 is 10.0 Å². The van der Waals surface area contributed by atoms with E-state index < -0.39 is 11.9 Å². The molecule has 1 saturated heterocycles. The number of likely N-dealkylation sites (tertiary alicyclic amines) is 1. The summed E-state index contributed by atoms with van der Waals surface area (Å²) in [6, 6.07) is 0. The van der Waals surface area contributed by atoms with Crippen molar-refractivity contribution in [3.05, 3.63) is 29.7 Å². The van der Waals surface area contributed by atoms with Crippen molar-refractivity contribution in [3.63, 3.8) is 0 Å². The van der Waals surface area contributed by atoms with E-state index in [1.807, 2.05) is 0 Å². The highest BCUT2D eigenvalue weighted by Crippen LogP contribution is 2.44. The Bertz CT molecular complexity index is 775. The molecule has 0 radical (unpaired) electrons. The van der Waals surface area contributed by atoms with Crippen molar-refractivity contribution in [1.82, 2.24) is 19.9 Å².